The molecular formula is C11H13FN2O3S. The second-order valence-electron chi connectivity index (χ2n) is 4.06. The number of nitrogens with one attached hydrogen (secondary N) is 2. The van der Waals surface area contributed by atoms with E-state index in [4.69, 9.17) is 0 Å². The highest BCUT2D eigenvalue weighted by Gasteiger charge is 2.27. The van der Waals surface area contributed by atoms with Crippen LogP contribution in [0.3, 0.4) is 0 Å². The largest absolute Gasteiger partial charge is 0.355 e. The van der Waals surface area contributed by atoms with Crippen LogP contribution in [0.4, 0.5) is 4.39 Å². The van der Waals surface area contributed by atoms with Crippen molar-refractivity contribution in [1.82, 2.24) is 10.0 Å². The van der Waals surface area contributed by atoms with Gasteiger partial charge in [-0.05, 0) is 37.1 Å². The summed E-state index contributed by atoms with van der Waals surface area (Å²) in [7, 11) is -3.79. The molecule has 1 unspecified atom stereocenters. The number of piperidine rings is 1. The van der Waals surface area contributed by atoms with Crippen LogP contribution in [0.15, 0.2) is 29.2 Å². The molecule has 0 aromatic heterocycles. The van der Waals surface area contributed by atoms with Crippen molar-refractivity contribution in [2.24, 2.45) is 0 Å². The second-order valence-corrected chi connectivity index (χ2v) is 5.78. The monoisotopic (exact) mass is 272 g/mol. The first kappa shape index (κ1) is 13.0. The van der Waals surface area contributed by atoms with E-state index in [0.717, 1.165) is 18.6 Å². The molecule has 1 aliphatic heterocycles. The van der Waals surface area contributed by atoms with Gasteiger partial charge in [0.2, 0.25) is 15.9 Å². The lowest BCUT2D eigenvalue weighted by atomic mass is 10.1. The number of carbonyl (C=O) groups excluding carboxylic acids is 1. The first-order valence-electron chi connectivity index (χ1n) is 5.55. The van der Waals surface area contributed by atoms with Crippen LogP contribution in [0.1, 0.15) is 12.8 Å². The number of halogens is 1. The molecule has 0 spiro atoms. The molecule has 7 heteroatoms. The summed E-state index contributed by atoms with van der Waals surface area (Å²) in [4.78, 5) is 11.4. The normalized spacial score (nSPS) is 20.5. The maximum atomic E-state index is 12.7. The number of hydrogen-bond acceptors (Lipinski definition) is 3. The number of sulfonamides is 1. The Morgan fingerprint density at radius 2 is 1.94 bits per heavy atom. The second kappa shape index (κ2) is 5.03. The topological polar surface area (TPSA) is 75.3 Å². The predicted octanol–water partition coefficient (Wildman–Crippen LogP) is 0.383. The van der Waals surface area contributed by atoms with Crippen molar-refractivity contribution >= 4 is 15.9 Å². The Morgan fingerprint density at radius 3 is 2.56 bits per heavy atom. The molecule has 0 bridgehead atoms. The lowest BCUT2D eigenvalue weighted by molar-refractivity contribution is -0.124. The van der Waals surface area contributed by atoms with Crippen LogP contribution >= 0.6 is 0 Å². The predicted molar refractivity (Wildman–Crippen MR) is 62.8 cm³/mol. The smallest absolute Gasteiger partial charge is 0.241 e. The van der Waals surface area contributed by atoms with Gasteiger partial charge in [-0.3, -0.25) is 4.79 Å². The van der Waals surface area contributed by atoms with Gasteiger partial charge in [-0.1, -0.05) is 0 Å². The number of benzene rings is 1. The van der Waals surface area contributed by atoms with Gasteiger partial charge in [-0.25, -0.2) is 12.8 Å². The first-order chi connectivity index (χ1) is 8.49. The van der Waals surface area contributed by atoms with Gasteiger partial charge in [0.05, 0.1) is 4.90 Å². The highest BCUT2D eigenvalue weighted by molar-refractivity contribution is 7.89. The molecule has 1 aliphatic rings. The van der Waals surface area contributed by atoms with Crippen LogP contribution in [0.25, 0.3) is 0 Å². The van der Waals surface area contributed by atoms with Gasteiger partial charge in [0.15, 0.2) is 0 Å². The van der Waals surface area contributed by atoms with Crippen molar-refractivity contribution in [2.45, 2.75) is 23.8 Å². The fourth-order valence-corrected chi connectivity index (χ4v) is 2.98. The van der Waals surface area contributed by atoms with E-state index >= 15 is 0 Å². The third-order valence-electron chi connectivity index (χ3n) is 2.71. The molecule has 98 valence electrons. The highest BCUT2D eigenvalue weighted by Crippen LogP contribution is 2.12. The van der Waals surface area contributed by atoms with Crippen molar-refractivity contribution in [3.63, 3.8) is 0 Å². The molecule has 1 amide bonds. The molecule has 1 heterocycles. The molecule has 1 aromatic rings. The lowest BCUT2D eigenvalue weighted by Crippen LogP contribution is -2.50. The van der Waals surface area contributed by atoms with E-state index in [1.807, 2.05) is 0 Å². The summed E-state index contributed by atoms with van der Waals surface area (Å²) in [5.41, 5.74) is 0. The van der Waals surface area contributed by atoms with E-state index in [-0.39, 0.29) is 10.8 Å². The molecule has 2 N–H and O–H groups in total. The Kier molecular flexibility index (Phi) is 3.63. The van der Waals surface area contributed by atoms with Crippen molar-refractivity contribution < 1.29 is 17.6 Å². The Bertz CT molecular complexity index is 542. The minimum atomic E-state index is -3.79. The lowest BCUT2D eigenvalue weighted by Gasteiger charge is -2.22. The van der Waals surface area contributed by atoms with Crippen LogP contribution in [0.5, 0.6) is 0 Å². The van der Waals surface area contributed by atoms with Gasteiger partial charge in [-0.2, -0.15) is 4.72 Å². The Balaban J connectivity index is 2.16. The Hall–Kier alpha value is -1.47. The maximum Gasteiger partial charge on any atom is 0.241 e. The standard InChI is InChI=1S/C11H13FN2O3S/c12-8-3-5-9(6-4-8)18(16,17)14-10-2-1-7-13-11(10)15/h3-6,10,14H,1-2,7H2,(H,13,15). The van der Waals surface area contributed by atoms with Crippen LogP contribution in [0, 0.1) is 5.82 Å². The third kappa shape index (κ3) is 2.85. The van der Waals surface area contributed by atoms with Gasteiger partial charge in [0.1, 0.15) is 11.9 Å². The van der Waals surface area contributed by atoms with Crippen LogP contribution in [-0.4, -0.2) is 26.9 Å². The van der Waals surface area contributed by atoms with Gasteiger partial charge in [-0.15, -0.1) is 0 Å². The quantitative estimate of drug-likeness (QED) is 0.835. The molecular weight excluding hydrogens is 259 g/mol. The SMILES string of the molecule is O=C1NCCCC1NS(=O)(=O)c1ccc(F)cc1. The zero-order valence-electron chi connectivity index (χ0n) is 9.52. The summed E-state index contributed by atoms with van der Waals surface area (Å²) < 4.78 is 38.9. The molecule has 0 saturated carbocycles. The summed E-state index contributed by atoms with van der Waals surface area (Å²) in [5, 5.41) is 2.59. The van der Waals surface area contributed by atoms with Crippen molar-refractivity contribution in [2.75, 3.05) is 6.54 Å². The van der Waals surface area contributed by atoms with Gasteiger partial charge < -0.3 is 5.32 Å². The van der Waals surface area contributed by atoms with Crippen molar-refractivity contribution in [3.8, 4) is 0 Å². The molecule has 5 nitrogen and oxygen atoms in total. The Morgan fingerprint density at radius 1 is 1.28 bits per heavy atom. The molecule has 0 aliphatic carbocycles. The average molecular weight is 272 g/mol. The summed E-state index contributed by atoms with van der Waals surface area (Å²) >= 11 is 0. The zero-order valence-corrected chi connectivity index (χ0v) is 10.3. The van der Waals surface area contributed by atoms with E-state index in [1.54, 1.807) is 0 Å². The van der Waals surface area contributed by atoms with E-state index in [9.17, 15) is 17.6 Å². The number of carbonyl (C=O) groups is 1. The van der Waals surface area contributed by atoms with Gasteiger partial charge in [0.25, 0.3) is 0 Å². The van der Waals surface area contributed by atoms with Crippen LogP contribution < -0.4 is 10.0 Å². The summed E-state index contributed by atoms with van der Waals surface area (Å²) in [6.45, 7) is 0.563. The molecule has 1 aromatic carbocycles. The molecule has 2 rings (SSSR count). The highest BCUT2D eigenvalue weighted by atomic mass is 32.2. The number of hydrogen-bond donors (Lipinski definition) is 2. The Labute approximate surface area is 104 Å². The number of rotatable bonds is 3. The molecule has 0 radical (unpaired) electrons. The van der Waals surface area contributed by atoms with Crippen molar-refractivity contribution in [3.05, 3.63) is 30.1 Å². The van der Waals surface area contributed by atoms with Crippen molar-refractivity contribution in [1.29, 1.82) is 0 Å². The van der Waals surface area contributed by atoms with Crippen LogP contribution in [-0.2, 0) is 14.8 Å². The van der Waals surface area contributed by atoms with Crippen LogP contribution in [0.2, 0.25) is 0 Å². The van der Waals surface area contributed by atoms with E-state index < -0.39 is 21.9 Å². The molecule has 1 fully saturated rings. The molecule has 1 saturated heterocycles. The van der Waals surface area contributed by atoms with Gasteiger partial charge >= 0.3 is 0 Å². The van der Waals surface area contributed by atoms with E-state index in [1.165, 1.54) is 12.1 Å². The summed E-state index contributed by atoms with van der Waals surface area (Å²) in [6.07, 6.45) is 1.19. The minimum Gasteiger partial charge on any atom is -0.355 e. The van der Waals surface area contributed by atoms with E-state index in [0.29, 0.717) is 13.0 Å². The summed E-state index contributed by atoms with van der Waals surface area (Å²) in [6, 6.07) is 3.70. The maximum absolute atomic E-state index is 12.7. The van der Waals surface area contributed by atoms with E-state index in [2.05, 4.69) is 10.0 Å². The average Bonchev–Trinajstić information content (AvgIpc) is 2.32. The zero-order chi connectivity index (χ0) is 13.2. The minimum absolute atomic E-state index is 0.0535. The van der Waals surface area contributed by atoms with Gasteiger partial charge in [0, 0.05) is 6.54 Å². The summed E-state index contributed by atoms with van der Waals surface area (Å²) in [5.74, 6) is -0.837. The fraction of sp³-hybridized carbons (Fsp3) is 0.364. The molecule has 18 heavy (non-hydrogen) atoms. The molecule has 1 atom stereocenters. The number of amides is 1. The fourth-order valence-electron chi connectivity index (χ4n) is 1.75. The third-order valence-corrected chi connectivity index (χ3v) is 4.19. The first-order valence-corrected chi connectivity index (χ1v) is 7.03.